The van der Waals surface area contributed by atoms with E-state index in [0.29, 0.717) is 17.2 Å². The Balaban J connectivity index is 1.46. The molecule has 3 aromatic rings. The molecule has 0 saturated carbocycles. The van der Waals surface area contributed by atoms with E-state index in [9.17, 15) is 13.2 Å². The molecule has 1 atom stereocenters. The highest BCUT2D eigenvalue weighted by atomic mass is 32.2. The number of rotatable bonds is 5. The monoisotopic (exact) mass is 455 g/mol. The summed E-state index contributed by atoms with van der Waals surface area (Å²) in [6, 6.07) is 14.1. The molecule has 1 aliphatic heterocycles. The minimum Gasteiger partial charge on any atom is -0.298 e. The van der Waals surface area contributed by atoms with Crippen molar-refractivity contribution in [1.82, 2.24) is 9.29 Å². The lowest BCUT2D eigenvalue weighted by Crippen LogP contribution is -2.41. The molecule has 4 rings (SSSR count). The van der Waals surface area contributed by atoms with Gasteiger partial charge >= 0.3 is 0 Å². The van der Waals surface area contributed by atoms with Crippen molar-refractivity contribution in [1.29, 1.82) is 0 Å². The normalized spacial score (nSPS) is 17.4. The highest BCUT2D eigenvalue weighted by molar-refractivity contribution is 7.89. The van der Waals surface area contributed by atoms with Gasteiger partial charge in [0.15, 0.2) is 5.13 Å². The number of nitrogens with one attached hydrogen (secondary N) is 1. The molecule has 1 N–H and O–H groups in total. The van der Waals surface area contributed by atoms with Crippen molar-refractivity contribution in [3.05, 3.63) is 65.0 Å². The third kappa shape index (κ3) is 4.71. The van der Waals surface area contributed by atoms with Gasteiger partial charge in [0.1, 0.15) is 0 Å². The molecule has 8 heteroatoms. The fourth-order valence-corrected chi connectivity index (χ4v) is 6.11. The number of hydrogen-bond acceptors (Lipinski definition) is 5. The van der Waals surface area contributed by atoms with Crippen LogP contribution in [0.5, 0.6) is 0 Å². The number of amides is 1. The zero-order valence-corrected chi connectivity index (χ0v) is 19.2. The van der Waals surface area contributed by atoms with Crippen molar-refractivity contribution < 1.29 is 13.2 Å². The second kappa shape index (κ2) is 8.90. The third-order valence-electron chi connectivity index (χ3n) is 5.54. The Morgan fingerprint density at radius 1 is 1.10 bits per heavy atom. The summed E-state index contributed by atoms with van der Waals surface area (Å²) in [7, 11) is -3.55. The van der Waals surface area contributed by atoms with Crippen LogP contribution in [0.2, 0.25) is 0 Å². The number of thiazole rings is 1. The Labute approximate surface area is 187 Å². The number of benzene rings is 2. The predicted octanol–water partition coefficient (Wildman–Crippen LogP) is 4.93. The molecule has 2 heterocycles. The van der Waals surface area contributed by atoms with Crippen molar-refractivity contribution in [2.75, 3.05) is 11.9 Å². The molecule has 1 aromatic heterocycles. The second-order valence-electron chi connectivity index (χ2n) is 7.84. The summed E-state index contributed by atoms with van der Waals surface area (Å²) in [6.07, 6.45) is 2.80. The number of aromatic nitrogens is 1. The lowest BCUT2D eigenvalue weighted by Gasteiger charge is -2.32. The zero-order chi connectivity index (χ0) is 22.0. The molecule has 31 heavy (non-hydrogen) atoms. The summed E-state index contributed by atoms with van der Waals surface area (Å²) in [5.41, 5.74) is 3.35. The number of carbonyl (C=O) groups is 1. The minimum atomic E-state index is -3.55. The molecule has 6 nitrogen and oxygen atoms in total. The number of aryl methyl sites for hydroxylation is 1. The maximum absolute atomic E-state index is 12.9. The van der Waals surface area contributed by atoms with Crippen LogP contribution >= 0.6 is 11.3 Å². The van der Waals surface area contributed by atoms with Gasteiger partial charge in [-0.1, -0.05) is 36.2 Å². The van der Waals surface area contributed by atoms with E-state index in [1.54, 1.807) is 16.4 Å². The van der Waals surface area contributed by atoms with Gasteiger partial charge in [-0.2, -0.15) is 4.31 Å². The van der Waals surface area contributed by atoms with Crippen molar-refractivity contribution in [2.24, 2.45) is 0 Å². The van der Waals surface area contributed by atoms with Crippen molar-refractivity contribution in [3.63, 3.8) is 0 Å². The average Bonchev–Trinajstić information content (AvgIpc) is 3.23. The standard InChI is InChI=1S/C23H25N3O3S2/c1-16-6-8-18(9-7-16)21-15-30-23(24-21)25-22(27)19-10-12-20(13-11-19)31(28,29)26-14-4-3-5-17(26)2/h6-13,15,17H,3-5,14H2,1-2H3,(H,24,25,27). The van der Waals surface area contributed by atoms with Crippen molar-refractivity contribution in [3.8, 4) is 11.3 Å². The number of carbonyl (C=O) groups excluding carboxylic acids is 1. The Morgan fingerprint density at radius 3 is 2.48 bits per heavy atom. The summed E-state index contributed by atoms with van der Waals surface area (Å²) in [5.74, 6) is -0.319. The molecule has 1 unspecified atom stereocenters. The first-order valence-corrected chi connectivity index (χ1v) is 12.6. The molecule has 2 aromatic carbocycles. The first-order chi connectivity index (χ1) is 14.8. The second-order valence-corrected chi connectivity index (χ2v) is 10.6. The molecule has 1 aliphatic rings. The smallest absolute Gasteiger partial charge is 0.257 e. The summed E-state index contributed by atoms with van der Waals surface area (Å²) < 4.78 is 27.5. The Bertz CT molecular complexity index is 1170. The van der Waals surface area contributed by atoms with E-state index in [0.717, 1.165) is 30.5 Å². The Morgan fingerprint density at radius 2 is 1.81 bits per heavy atom. The largest absolute Gasteiger partial charge is 0.298 e. The molecular weight excluding hydrogens is 430 g/mol. The van der Waals surface area contributed by atoms with Crippen LogP contribution in [0, 0.1) is 6.92 Å². The van der Waals surface area contributed by atoms with Crippen LogP contribution in [0.1, 0.15) is 42.1 Å². The topological polar surface area (TPSA) is 79.4 Å². The van der Waals surface area contributed by atoms with Gasteiger partial charge < -0.3 is 0 Å². The number of nitrogens with zero attached hydrogens (tertiary/aromatic N) is 2. The average molecular weight is 456 g/mol. The van der Waals surface area contributed by atoms with E-state index in [4.69, 9.17) is 0 Å². The number of sulfonamides is 1. The maximum atomic E-state index is 12.9. The number of hydrogen-bond donors (Lipinski definition) is 1. The van der Waals surface area contributed by atoms with E-state index in [1.165, 1.54) is 29.0 Å². The van der Waals surface area contributed by atoms with E-state index in [2.05, 4.69) is 10.3 Å². The molecule has 0 aliphatic carbocycles. The molecule has 0 bridgehead atoms. The number of anilines is 1. The molecular formula is C23H25N3O3S2. The van der Waals surface area contributed by atoms with Gasteiger partial charge in [-0.15, -0.1) is 11.3 Å². The van der Waals surface area contributed by atoms with E-state index in [1.807, 2.05) is 43.5 Å². The van der Waals surface area contributed by atoms with Crippen molar-refractivity contribution in [2.45, 2.75) is 44.0 Å². The zero-order valence-electron chi connectivity index (χ0n) is 17.5. The lowest BCUT2D eigenvalue weighted by atomic mass is 10.1. The minimum absolute atomic E-state index is 0.00523. The van der Waals surface area contributed by atoms with E-state index >= 15 is 0 Å². The van der Waals surface area contributed by atoms with Crippen molar-refractivity contribution >= 4 is 32.4 Å². The lowest BCUT2D eigenvalue weighted by molar-refractivity contribution is 0.102. The summed E-state index contributed by atoms with van der Waals surface area (Å²) in [6.45, 7) is 4.51. The highest BCUT2D eigenvalue weighted by Crippen LogP contribution is 2.27. The molecule has 0 spiro atoms. The van der Waals surface area contributed by atoms with Gasteiger partial charge in [0.25, 0.3) is 5.91 Å². The van der Waals surface area contributed by atoms with E-state index < -0.39 is 10.0 Å². The van der Waals surface area contributed by atoms with Gasteiger partial charge in [-0.3, -0.25) is 10.1 Å². The summed E-state index contributed by atoms with van der Waals surface area (Å²) >= 11 is 1.35. The summed E-state index contributed by atoms with van der Waals surface area (Å²) in [4.78, 5) is 17.3. The Hall–Kier alpha value is -2.55. The van der Waals surface area contributed by atoms with E-state index in [-0.39, 0.29) is 16.8 Å². The SMILES string of the molecule is Cc1ccc(-c2csc(NC(=O)c3ccc(S(=O)(=O)N4CCCCC4C)cc3)n2)cc1. The van der Waals surface area contributed by atoms with Gasteiger partial charge in [-0.25, -0.2) is 13.4 Å². The van der Waals surface area contributed by atoms with Crippen LogP contribution in [0.4, 0.5) is 5.13 Å². The third-order valence-corrected chi connectivity index (χ3v) is 8.32. The fourth-order valence-electron chi connectivity index (χ4n) is 3.70. The predicted molar refractivity (Wildman–Crippen MR) is 124 cm³/mol. The quantitative estimate of drug-likeness (QED) is 0.591. The number of piperidine rings is 1. The first-order valence-electron chi connectivity index (χ1n) is 10.3. The fraction of sp³-hybridized carbons (Fsp3) is 0.304. The summed E-state index contributed by atoms with van der Waals surface area (Å²) in [5, 5.41) is 5.19. The van der Waals surface area contributed by atoms with Crippen LogP contribution in [0.15, 0.2) is 58.8 Å². The Kier molecular flexibility index (Phi) is 6.22. The van der Waals surface area contributed by atoms with Crippen LogP contribution in [0.3, 0.4) is 0 Å². The van der Waals surface area contributed by atoms with Crippen LogP contribution < -0.4 is 5.32 Å². The van der Waals surface area contributed by atoms with Gasteiger partial charge in [0.2, 0.25) is 10.0 Å². The first kappa shape index (κ1) is 21.7. The van der Waals surface area contributed by atoms with Crippen LogP contribution in [0.25, 0.3) is 11.3 Å². The molecule has 0 radical (unpaired) electrons. The molecule has 1 fully saturated rings. The molecule has 1 amide bonds. The van der Waals surface area contributed by atoms with Gasteiger partial charge in [-0.05, 0) is 51.0 Å². The van der Waals surface area contributed by atoms with Gasteiger partial charge in [0.05, 0.1) is 10.6 Å². The van der Waals surface area contributed by atoms with Crippen LogP contribution in [-0.2, 0) is 10.0 Å². The highest BCUT2D eigenvalue weighted by Gasteiger charge is 2.30. The van der Waals surface area contributed by atoms with Crippen LogP contribution in [-0.4, -0.2) is 36.2 Å². The van der Waals surface area contributed by atoms with Gasteiger partial charge in [0, 0.05) is 29.1 Å². The molecule has 1 saturated heterocycles. The maximum Gasteiger partial charge on any atom is 0.257 e. The molecule has 162 valence electrons.